The molecule has 86 heavy (non-hydrogen) atoms. The minimum Gasteiger partial charge on any atom is -0.437 e. The summed E-state index contributed by atoms with van der Waals surface area (Å²) in [5.41, 5.74) is 16.2. The van der Waals surface area contributed by atoms with Gasteiger partial charge in [-0.1, -0.05) is 44.0 Å². The number of alkyl carbamates (subject to hydrolysis) is 1. The van der Waals surface area contributed by atoms with Crippen molar-refractivity contribution in [3.63, 3.8) is 0 Å². The van der Waals surface area contributed by atoms with Gasteiger partial charge in [-0.3, -0.25) is 28.5 Å². The normalized spacial score (nSPS) is 22.4. The van der Waals surface area contributed by atoms with Gasteiger partial charge in [0.05, 0.1) is 13.7 Å². The van der Waals surface area contributed by atoms with Gasteiger partial charge in [0, 0.05) is 85.8 Å². The minimum absolute atomic E-state index is 0.0290. The first-order chi connectivity index (χ1) is 40.4. The quantitative estimate of drug-likeness (QED) is 0.0326. The number of phosphoric acid groups is 3. The number of nitrogens with two attached hydrogens (primary N) is 1. The van der Waals surface area contributed by atoms with Gasteiger partial charge in [0.1, 0.15) is 25.3 Å². The van der Waals surface area contributed by atoms with Crippen LogP contribution in [-0.4, -0.2) is 139 Å². The van der Waals surface area contributed by atoms with Crippen LogP contribution in [0.4, 0.5) is 16.4 Å². The predicted molar refractivity (Wildman–Crippen MR) is 313 cm³/mol. The Labute approximate surface area is 495 Å². The number of aliphatic hydroxyl groups excluding tert-OH is 1. The van der Waals surface area contributed by atoms with E-state index in [1.165, 1.54) is 66.6 Å². The number of aliphatic hydroxyl groups is 1. The molecule has 4 aliphatic heterocycles. The van der Waals surface area contributed by atoms with Crippen LogP contribution in [0.2, 0.25) is 0 Å². The van der Waals surface area contributed by atoms with Crippen LogP contribution < -0.4 is 46.5 Å². The summed E-state index contributed by atoms with van der Waals surface area (Å²) in [4.78, 5) is 102. The maximum Gasteiger partial charge on any atom is 0.490 e. The SMILES string of the molecule is CCN1c2cc3c(cc2C(C)CC1(C)C)C(c1ccccc1C(=O)N(C)CCCC(=O)NCCNC(=O)O[C@@H]1[C@H](O)[C@@H](COP(=O)(O)OP(=O)(O)OP(=O)(O)O)O[C@H]1[n+]1cn(C)c2c(=O)[nH]c(N)nc21)=c1cc2c4c(c1C3(C)C)CCC[N+]=4CCC2. The fraction of sp³-hybridized carbons (Fsp3) is 0.518. The number of fused-ring (bicyclic) bond motifs is 5. The lowest BCUT2D eigenvalue weighted by Crippen LogP contribution is -2.50. The topological polar surface area (TPSA) is 364 Å². The number of nitrogens with one attached hydrogen (secondary N) is 3. The van der Waals surface area contributed by atoms with Crippen molar-refractivity contribution in [1.29, 1.82) is 0 Å². The summed E-state index contributed by atoms with van der Waals surface area (Å²) in [6, 6.07) is 15.2. The van der Waals surface area contributed by atoms with Crippen molar-refractivity contribution < 1.29 is 79.9 Å². The van der Waals surface area contributed by atoms with Crippen LogP contribution in [0.3, 0.4) is 0 Å². The molecule has 7 atom stereocenters. The number of aromatic amines is 1. The van der Waals surface area contributed by atoms with E-state index in [2.05, 4.69) is 105 Å². The van der Waals surface area contributed by atoms with E-state index in [0.29, 0.717) is 17.9 Å². The van der Waals surface area contributed by atoms with E-state index in [1.54, 1.807) is 11.9 Å². The molecule has 1 aliphatic carbocycles. The van der Waals surface area contributed by atoms with Crippen molar-refractivity contribution in [1.82, 2.24) is 34.6 Å². The Morgan fingerprint density at radius 3 is 2.41 bits per heavy atom. The molecule has 3 unspecified atom stereocenters. The van der Waals surface area contributed by atoms with Gasteiger partial charge in [-0.2, -0.15) is 8.62 Å². The Morgan fingerprint density at radius 1 is 0.977 bits per heavy atom. The molecule has 0 radical (unpaired) electrons. The van der Waals surface area contributed by atoms with Crippen LogP contribution in [0.15, 0.2) is 53.6 Å². The Kier molecular flexibility index (Phi) is 17.3. The minimum atomic E-state index is -5.90. The summed E-state index contributed by atoms with van der Waals surface area (Å²) < 4.78 is 64.3. The monoisotopic (exact) mass is 1250 g/mol. The number of hydrogen-bond donors (Lipinski definition) is 9. The second-order valence-electron chi connectivity index (χ2n) is 23.8. The van der Waals surface area contributed by atoms with Crippen LogP contribution in [0.1, 0.15) is 135 Å². The van der Waals surface area contributed by atoms with Gasteiger partial charge in [-0.05, 0) is 115 Å². The van der Waals surface area contributed by atoms with E-state index in [9.17, 15) is 47.8 Å². The predicted octanol–water partition coefficient (Wildman–Crippen LogP) is 2.88. The van der Waals surface area contributed by atoms with Gasteiger partial charge in [0.25, 0.3) is 17.4 Å². The number of rotatable bonds is 19. The third-order valence-corrected chi connectivity index (χ3v) is 20.8. The number of imidazole rings is 1. The highest BCUT2D eigenvalue weighted by Crippen LogP contribution is 2.66. The zero-order valence-electron chi connectivity index (χ0n) is 49.1. The van der Waals surface area contributed by atoms with Gasteiger partial charge < -0.3 is 60.3 Å². The molecule has 3 aromatic carbocycles. The van der Waals surface area contributed by atoms with Crippen molar-refractivity contribution >= 4 is 69.7 Å². The fourth-order valence-electron chi connectivity index (χ4n) is 13.6. The Balaban J connectivity index is 0.812. The molecule has 1 saturated heterocycles. The molecule has 27 nitrogen and oxygen atoms in total. The van der Waals surface area contributed by atoms with Gasteiger partial charge in [0.15, 0.2) is 12.4 Å². The van der Waals surface area contributed by atoms with Crippen LogP contribution in [0.25, 0.3) is 16.7 Å². The zero-order chi connectivity index (χ0) is 62.2. The Hall–Kier alpha value is -6.18. The van der Waals surface area contributed by atoms with E-state index in [1.807, 2.05) is 18.2 Å². The first-order valence-electron chi connectivity index (χ1n) is 28.6. The number of carbonyl (C=O) groups excluding carboxylic acids is 3. The van der Waals surface area contributed by atoms with E-state index in [0.717, 1.165) is 68.4 Å². The summed E-state index contributed by atoms with van der Waals surface area (Å²) in [6.07, 6.45) is -1.23. The molecule has 0 saturated carbocycles. The standard InChI is InChI=1S/C56H73N10O17P3/c1-9-66-40-27-39-37(26-36(40)31(2)28-55(66,3)4)43(38-25-32-15-12-23-64-24-13-18-35(45(32)64)44(38)56(39,5)6)33-16-10-11-17-34(33)51(70)62(7)22-14-19-42(67)58-20-21-59-54(71)81-48-47(68)41(29-79-85(75,76)83-86(77,78)82-84(72,73)74)80-52(48)65-30-63(8)46-49(65)60-53(57)61-50(46)69/h10-11,16-17,25-27,30-31,41,47-48,52,68H,9,12-15,18-24,28-29H2,1-8H3,(H7-2,57,58,59,60,61,67,69,71,72,73,74,75,76,77,78)/p+2/t31?,41-,47-,48-,52-/m1/s1. The molecule has 5 aromatic rings. The highest BCUT2D eigenvalue weighted by Gasteiger charge is 2.52. The number of phosphoric ester groups is 1. The molecular weight excluding hydrogens is 1180 g/mol. The largest absolute Gasteiger partial charge is 0.490 e. The first-order valence-corrected chi connectivity index (χ1v) is 33.1. The summed E-state index contributed by atoms with van der Waals surface area (Å²) in [5, 5.41) is 19.2. The molecule has 5 aliphatic rings. The summed E-state index contributed by atoms with van der Waals surface area (Å²) in [6.45, 7) is 15.8. The number of ether oxygens (including phenoxy) is 2. The molecule has 3 amide bonds. The van der Waals surface area contributed by atoms with Crippen molar-refractivity contribution in [3.05, 3.63) is 114 Å². The highest BCUT2D eigenvalue weighted by molar-refractivity contribution is 7.66. The van der Waals surface area contributed by atoms with Gasteiger partial charge >= 0.3 is 35.2 Å². The lowest BCUT2D eigenvalue weighted by atomic mass is 9.64. The Morgan fingerprint density at radius 2 is 1.69 bits per heavy atom. The average Bonchev–Trinajstić information content (AvgIpc) is 0.879. The molecule has 0 spiro atoms. The number of benzene rings is 3. The average molecular weight is 1250 g/mol. The number of hydrogen-bond acceptors (Lipinski definition) is 16. The number of anilines is 2. The molecule has 464 valence electrons. The number of nitrogen functional groups attached to an aromatic ring is 1. The molecule has 1 fully saturated rings. The van der Waals surface area contributed by atoms with Crippen LogP contribution in [0.5, 0.6) is 0 Å². The van der Waals surface area contributed by atoms with Crippen molar-refractivity contribution in [3.8, 4) is 0 Å². The van der Waals surface area contributed by atoms with E-state index in [4.69, 9.17) is 29.5 Å². The van der Waals surface area contributed by atoms with Crippen molar-refractivity contribution in [2.45, 2.75) is 128 Å². The zero-order valence-corrected chi connectivity index (χ0v) is 51.8. The van der Waals surface area contributed by atoms with Crippen LogP contribution >= 0.6 is 23.5 Å². The Bertz CT molecular complexity index is 3920. The lowest BCUT2D eigenvalue weighted by molar-refractivity contribution is -0.745. The van der Waals surface area contributed by atoms with E-state index in [-0.39, 0.29) is 65.9 Å². The van der Waals surface area contributed by atoms with Crippen molar-refractivity contribution in [2.75, 3.05) is 63.6 Å². The van der Waals surface area contributed by atoms with Gasteiger partial charge in [-0.25, -0.2) is 27.6 Å². The lowest BCUT2D eigenvalue weighted by Gasteiger charge is -2.48. The van der Waals surface area contributed by atoms with Crippen LogP contribution in [-0.2, 0) is 66.4 Å². The smallest absolute Gasteiger partial charge is 0.437 e. The van der Waals surface area contributed by atoms with Gasteiger partial charge in [0.2, 0.25) is 23.0 Å². The summed E-state index contributed by atoms with van der Waals surface area (Å²) in [7, 11) is -14.1. The number of carbonyl (C=O) groups is 3. The first kappa shape index (κ1) is 62.9. The number of amides is 3. The molecular formula is C56H75N10O17P3+2. The number of aromatic nitrogens is 4. The third kappa shape index (κ3) is 12.4. The van der Waals surface area contributed by atoms with Crippen LogP contribution in [0, 0.1) is 0 Å². The van der Waals surface area contributed by atoms with Crippen molar-refractivity contribution in [2.24, 2.45) is 7.05 Å². The number of nitrogens with zero attached hydrogens (tertiary/aromatic N) is 6. The molecule has 10 N–H and O–H groups in total. The second kappa shape index (κ2) is 23.7. The highest BCUT2D eigenvalue weighted by atomic mass is 31.3. The van der Waals surface area contributed by atoms with Gasteiger partial charge in [-0.15, -0.1) is 0 Å². The molecule has 2 aromatic heterocycles. The molecule has 6 heterocycles. The maximum absolute atomic E-state index is 14.9. The van der Waals surface area contributed by atoms with E-state index < -0.39 is 66.3 Å². The third-order valence-electron chi connectivity index (χ3n) is 17.0. The second-order valence-corrected chi connectivity index (χ2v) is 28.2. The van der Waals surface area contributed by atoms with E-state index >= 15 is 0 Å². The maximum atomic E-state index is 14.9. The fourth-order valence-corrected chi connectivity index (χ4v) is 16.6. The number of aryl methyl sites for hydroxylation is 2. The summed E-state index contributed by atoms with van der Waals surface area (Å²) in [5.74, 6) is -0.562. The molecule has 0 bridgehead atoms. The molecule has 30 heteroatoms. The number of H-pyrrole nitrogens is 1. The summed E-state index contributed by atoms with van der Waals surface area (Å²) >= 11 is 0. The molecule has 10 rings (SSSR count).